The standard InChI is InChI=1S/C19H36/c1-6-8-9-10-11-12-13-14-15-16-18(3)19(4,5)17-7-2/h18H,6,8-16H2,1-5H3. The van der Waals surface area contributed by atoms with Gasteiger partial charge in [-0.05, 0) is 33.1 Å². The van der Waals surface area contributed by atoms with Crippen LogP contribution in [0.5, 0.6) is 0 Å². The van der Waals surface area contributed by atoms with Gasteiger partial charge in [0.25, 0.3) is 0 Å². The molecule has 0 nitrogen and oxygen atoms in total. The summed E-state index contributed by atoms with van der Waals surface area (Å²) in [5, 5.41) is 0. The summed E-state index contributed by atoms with van der Waals surface area (Å²) in [4.78, 5) is 0. The van der Waals surface area contributed by atoms with E-state index in [1.54, 1.807) is 0 Å². The molecular formula is C19H36. The van der Waals surface area contributed by atoms with Gasteiger partial charge >= 0.3 is 0 Å². The highest BCUT2D eigenvalue weighted by Crippen LogP contribution is 2.30. The fraction of sp³-hybridized carbons (Fsp3) is 0.895. The van der Waals surface area contributed by atoms with Crippen LogP contribution in [0.15, 0.2) is 0 Å². The summed E-state index contributed by atoms with van der Waals surface area (Å²) in [7, 11) is 0. The summed E-state index contributed by atoms with van der Waals surface area (Å²) in [6.07, 6.45) is 14.1. The minimum Gasteiger partial charge on any atom is -0.106 e. The van der Waals surface area contributed by atoms with Gasteiger partial charge in [0, 0.05) is 5.41 Å². The maximum atomic E-state index is 3.35. The molecule has 0 amide bonds. The summed E-state index contributed by atoms with van der Waals surface area (Å²) in [6.45, 7) is 11.2. The first-order valence-corrected chi connectivity index (χ1v) is 8.48. The average Bonchev–Trinajstić information content (AvgIpc) is 2.36. The van der Waals surface area contributed by atoms with Gasteiger partial charge in [0.1, 0.15) is 0 Å². The molecule has 0 saturated carbocycles. The lowest BCUT2D eigenvalue weighted by molar-refractivity contribution is 0.294. The predicted octanol–water partition coefficient (Wildman–Crippen LogP) is 6.59. The molecule has 0 aliphatic rings. The van der Waals surface area contributed by atoms with Crippen LogP contribution in [-0.2, 0) is 0 Å². The van der Waals surface area contributed by atoms with Crippen molar-refractivity contribution in [2.45, 2.75) is 98.8 Å². The fourth-order valence-electron chi connectivity index (χ4n) is 2.57. The van der Waals surface area contributed by atoms with Crippen LogP contribution in [0.1, 0.15) is 98.8 Å². The molecule has 0 aromatic carbocycles. The van der Waals surface area contributed by atoms with E-state index in [2.05, 4.69) is 39.5 Å². The van der Waals surface area contributed by atoms with E-state index < -0.39 is 0 Å². The molecule has 0 fully saturated rings. The topological polar surface area (TPSA) is 0 Å². The van der Waals surface area contributed by atoms with Crippen molar-refractivity contribution in [3.05, 3.63) is 0 Å². The Labute approximate surface area is 122 Å². The molecule has 19 heavy (non-hydrogen) atoms. The molecule has 0 spiro atoms. The predicted molar refractivity (Wildman–Crippen MR) is 88.2 cm³/mol. The molecule has 0 radical (unpaired) electrons. The average molecular weight is 264 g/mol. The third-order valence-corrected chi connectivity index (χ3v) is 4.42. The molecule has 0 aromatic heterocycles. The zero-order valence-electron chi connectivity index (χ0n) is 14.1. The minimum atomic E-state index is 0.189. The highest BCUT2D eigenvalue weighted by molar-refractivity contribution is 5.08. The van der Waals surface area contributed by atoms with Gasteiger partial charge in [0.05, 0.1) is 0 Å². The van der Waals surface area contributed by atoms with Crippen molar-refractivity contribution in [2.24, 2.45) is 11.3 Å². The van der Waals surface area contributed by atoms with Crippen molar-refractivity contribution in [1.82, 2.24) is 0 Å². The van der Waals surface area contributed by atoms with Crippen LogP contribution >= 0.6 is 0 Å². The molecule has 0 aliphatic heterocycles. The van der Waals surface area contributed by atoms with Gasteiger partial charge in [-0.2, -0.15) is 0 Å². The maximum absolute atomic E-state index is 3.35. The molecule has 0 N–H and O–H groups in total. The van der Waals surface area contributed by atoms with Crippen molar-refractivity contribution in [2.75, 3.05) is 0 Å². The van der Waals surface area contributed by atoms with Crippen LogP contribution in [0.4, 0.5) is 0 Å². The molecule has 0 aromatic rings. The molecule has 112 valence electrons. The van der Waals surface area contributed by atoms with E-state index >= 15 is 0 Å². The van der Waals surface area contributed by atoms with E-state index in [-0.39, 0.29) is 5.41 Å². The number of unbranched alkanes of at least 4 members (excludes halogenated alkanes) is 8. The van der Waals surface area contributed by atoms with Gasteiger partial charge < -0.3 is 0 Å². The van der Waals surface area contributed by atoms with Gasteiger partial charge in [-0.25, -0.2) is 0 Å². The monoisotopic (exact) mass is 264 g/mol. The Hall–Kier alpha value is -0.440. The second-order valence-corrected chi connectivity index (χ2v) is 6.61. The molecule has 0 saturated heterocycles. The molecule has 1 unspecified atom stereocenters. The van der Waals surface area contributed by atoms with Crippen LogP contribution in [-0.4, -0.2) is 0 Å². The molecule has 0 rings (SSSR count). The zero-order chi connectivity index (χ0) is 14.6. The van der Waals surface area contributed by atoms with Crippen LogP contribution in [0, 0.1) is 23.2 Å². The van der Waals surface area contributed by atoms with E-state index in [1.807, 2.05) is 6.92 Å². The third kappa shape index (κ3) is 10.1. The molecule has 0 aliphatic carbocycles. The maximum Gasteiger partial charge on any atom is 0.0283 e. The van der Waals surface area contributed by atoms with Gasteiger partial charge in [-0.15, -0.1) is 5.92 Å². The van der Waals surface area contributed by atoms with Gasteiger partial charge in [0.2, 0.25) is 0 Å². The fourth-order valence-corrected chi connectivity index (χ4v) is 2.57. The molecule has 1 atom stereocenters. The summed E-state index contributed by atoms with van der Waals surface area (Å²) >= 11 is 0. The van der Waals surface area contributed by atoms with Crippen molar-refractivity contribution in [3.8, 4) is 11.8 Å². The van der Waals surface area contributed by atoms with Crippen LogP contribution in [0.3, 0.4) is 0 Å². The Morgan fingerprint density at radius 2 is 1.32 bits per heavy atom. The Kier molecular flexibility index (Phi) is 11.1. The van der Waals surface area contributed by atoms with E-state index in [1.165, 1.54) is 64.2 Å². The van der Waals surface area contributed by atoms with Crippen molar-refractivity contribution >= 4 is 0 Å². The Morgan fingerprint density at radius 3 is 1.79 bits per heavy atom. The third-order valence-electron chi connectivity index (χ3n) is 4.42. The van der Waals surface area contributed by atoms with Crippen molar-refractivity contribution < 1.29 is 0 Å². The quantitative estimate of drug-likeness (QED) is 0.291. The van der Waals surface area contributed by atoms with E-state index in [0.29, 0.717) is 5.92 Å². The molecule has 0 heteroatoms. The lowest BCUT2D eigenvalue weighted by atomic mass is 9.78. The number of hydrogen-bond donors (Lipinski definition) is 0. The second-order valence-electron chi connectivity index (χ2n) is 6.61. The smallest absolute Gasteiger partial charge is 0.0283 e. The highest BCUT2D eigenvalue weighted by atomic mass is 14.3. The molecule has 0 heterocycles. The normalized spacial score (nSPS) is 12.9. The first kappa shape index (κ1) is 18.6. The van der Waals surface area contributed by atoms with Crippen molar-refractivity contribution in [3.63, 3.8) is 0 Å². The first-order chi connectivity index (χ1) is 9.04. The zero-order valence-corrected chi connectivity index (χ0v) is 14.1. The summed E-state index contributed by atoms with van der Waals surface area (Å²) in [5.74, 6) is 7.14. The number of rotatable bonds is 11. The lowest BCUT2D eigenvalue weighted by Crippen LogP contribution is -2.19. The van der Waals surface area contributed by atoms with Crippen LogP contribution in [0.2, 0.25) is 0 Å². The summed E-state index contributed by atoms with van der Waals surface area (Å²) < 4.78 is 0. The lowest BCUT2D eigenvalue weighted by Gasteiger charge is -2.26. The Bertz CT molecular complexity index is 251. The van der Waals surface area contributed by atoms with E-state index in [0.717, 1.165) is 0 Å². The van der Waals surface area contributed by atoms with E-state index in [4.69, 9.17) is 0 Å². The molecular weight excluding hydrogens is 228 g/mol. The minimum absolute atomic E-state index is 0.189. The summed E-state index contributed by atoms with van der Waals surface area (Å²) in [6, 6.07) is 0. The SMILES string of the molecule is CC#CC(C)(C)C(C)CCCCCCCCCCC. The second kappa shape index (κ2) is 11.4. The summed E-state index contributed by atoms with van der Waals surface area (Å²) in [5.41, 5.74) is 0.189. The van der Waals surface area contributed by atoms with Gasteiger partial charge in [-0.1, -0.05) is 77.6 Å². The first-order valence-electron chi connectivity index (χ1n) is 8.48. The van der Waals surface area contributed by atoms with E-state index in [9.17, 15) is 0 Å². The Balaban J connectivity index is 3.46. The van der Waals surface area contributed by atoms with Crippen molar-refractivity contribution in [1.29, 1.82) is 0 Å². The largest absolute Gasteiger partial charge is 0.106 e. The van der Waals surface area contributed by atoms with Gasteiger partial charge in [-0.3, -0.25) is 0 Å². The molecule has 0 bridgehead atoms. The van der Waals surface area contributed by atoms with Crippen LogP contribution in [0.25, 0.3) is 0 Å². The number of hydrogen-bond acceptors (Lipinski definition) is 0. The van der Waals surface area contributed by atoms with Gasteiger partial charge in [0.15, 0.2) is 0 Å². The Morgan fingerprint density at radius 1 is 0.842 bits per heavy atom. The van der Waals surface area contributed by atoms with Crippen LogP contribution < -0.4 is 0 Å². The highest BCUT2D eigenvalue weighted by Gasteiger charge is 2.22.